The summed E-state index contributed by atoms with van der Waals surface area (Å²) >= 11 is 0. The molecule has 0 radical (unpaired) electrons. The number of amides is 4. The summed E-state index contributed by atoms with van der Waals surface area (Å²) in [5.41, 5.74) is 7.04. The second kappa shape index (κ2) is 21.0. The third kappa shape index (κ3) is 10.4. The van der Waals surface area contributed by atoms with Crippen molar-refractivity contribution in [2.24, 2.45) is 13.0 Å². The Morgan fingerprint density at radius 2 is 1.65 bits per heavy atom. The first-order valence-electron chi connectivity index (χ1n) is 25.0. The van der Waals surface area contributed by atoms with E-state index in [4.69, 9.17) is 0 Å². The molecule has 13 nitrogen and oxygen atoms in total. The minimum Gasteiger partial charge on any atom is -0.381 e. The predicted molar refractivity (Wildman–Crippen MR) is 268 cm³/mol. The first kappa shape index (κ1) is 46.9. The molecule has 5 heterocycles. The molecular weight excluding hydrogens is 853 g/mol. The van der Waals surface area contributed by atoms with Crippen molar-refractivity contribution in [3.8, 4) is 11.8 Å². The smallest absolute Gasteiger partial charge is 0.329 e. The molecule has 0 bridgehead atoms. The highest BCUT2D eigenvalue weighted by Gasteiger charge is 2.32. The third-order valence-corrected chi connectivity index (χ3v) is 15.0. The lowest BCUT2D eigenvalue weighted by atomic mass is 9.89. The Balaban J connectivity index is 0.713. The van der Waals surface area contributed by atoms with Gasteiger partial charge in [0.1, 0.15) is 6.04 Å². The molecule has 4 aliphatic heterocycles. The number of nitrogens with zero attached hydrogens (tertiary/aromatic N) is 4. The van der Waals surface area contributed by atoms with Crippen LogP contribution in [0.2, 0.25) is 0 Å². The quantitative estimate of drug-likeness (QED) is 0.0590. The Morgan fingerprint density at radius 1 is 0.853 bits per heavy atom. The van der Waals surface area contributed by atoms with Crippen LogP contribution < -0.4 is 27.0 Å². The van der Waals surface area contributed by atoms with Crippen LogP contribution in [0.15, 0.2) is 77.6 Å². The molecule has 0 spiro atoms. The van der Waals surface area contributed by atoms with Crippen molar-refractivity contribution in [3.63, 3.8) is 0 Å². The number of carbonyl (C=O) groups excluding carboxylic acids is 4. The summed E-state index contributed by atoms with van der Waals surface area (Å²) in [6.45, 7) is 10.5. The minimum atomic E-state index is -0.703. The van der Waals surface area contributed by atoms with E-state index < -0.39 is 11.9 Å². The summed E-state index contributed by atoms with van der Waals surface area (Å²) in [7, 11) is 1.72. The van der Waals surface area contributed by atoms with Gasteiger partial charge >= 0.3 is 5.69 Å². The number of aryl methyl sites for hydroxylation is 2. The summed E-state index contributed by atoms with van der Waals surface area (Å²) in [6.07, 6.45) is 9.01. The van der Waals surface area contributed by atoms with Gasteiger partial charge in [0.25, 0.3) is 5.91 Å². The summed E-state index contributed by atoms with van der Waals surface area (Å²) < 4.78 is 3.10. The van der Waals surface area contributed by atoms with Gasteiger partial charge in [-0.15, -0.1) is 0 Å². The van der Waals surface area contributed by atoms with Crippen LogP contribution in [0.5, 0.6) is 0 Å². The van der Waals surface area contributed by atoms with Crippen molar-refractivity contribution in [3.05, 3.63) is 111 Å². The highest BCUT2D eigenvalue weighted by molar-refractivity contribution is 6.00. The molecule has 3 atom stereocenters. The van der Waals surface area contributed by atoms with Crippen LogP contribution in [-0.2, 0) is 21.4 Å². The van der Waals surface area contributed by atoms with E-state index in [9.17, 15) is 24.0 Å². The number of nitrogens with one attached hydrogen (secondary N) is 4. The summed E-state index contributed by atoms with van der Waals surface area (Å²) in [4.78, 5) is 69.0. The molecule has 2 unspecified atom stereocenters. The molecule has 68 heavy (non-hydrogen) atoms. The fourth-order valence-corrected chi connectivity index (χ4v) is 10.9. The molecule has 13 heteroatoms. The molecule has 0 saturated carbocycles. The fourth-order valence-electron chi connectivity index (χ4n) is 10.9. The van der Waals surface area contributed by atoms with Gasteiger partial charge in [0, 0.05) is 68.3 Å². The monoisotopic (exact) mass is 919 g/mol. The predicted octanol–water partition coefficient (Wildman–Crippen LogP) is 7.07. The maximum atomic E-state index is 13.7. The van der Waals surface area contributed by atoms with Gasteiger partial charge < -0.3 is 25.8 Å². The number of hydrogen-bond donors (Lipinski definition) is 4. The maximum Gasteiger partial charge on any atom is 0.329 e. The fraction of sp³-hybridized carbons (Fsp3) is 0.473. The van der Waals surface area contributed by atoms with Gasteiger partial charge in [-0.2, -0.15) is 0 Å². The Hall–Kier alpha value is -6.23. The zero-order valence-corrected chi connectivity index (χ0v) is 39.9. The number of rotatable bonds is 12. The van der Waals surface area contributed by atoms with Crippen LogP contribution >= 0.6 is 0 Å². The average Bonchev–Trinajstić information content (AvgIpc) is 3.60. The molecule has 5 aromatic rings. The van der Waals surface area contributed by atoms with Crippen LogP contribution in [0.25, 0.3) is 21.8 Å². The second-order valence-corrected chi connectivity index (χ2v) is 19.6. The van der Waals surface area contributed by atoms with Crippen LogP contribution in [0.4, 0.5) is 5.69 Å². The van der Waals surface area contributed by atoms with E-state index >= 15 is 0 Å². The standard InChI is InChI=1S/C55H66N8O5/c1-36-13-18-42(58-43-9-8-27-56-35-43)34-47(36)53(66)57-37(2)44-19-16-40(45-10-4-5-11-46(44)45)15-14-38-23-29-61(30-24-38)28-7-6-12-52(65)62-31-25-39(26-32-62)41-17-20-48-50(33-41)60(3)55(68)63(48)49-21-22-51(64)59-54(49)67/h4-5,10-11,13,16-20,33-34,37-39,43,49,56,58H,6-9,12,21-32,35H2,1-3H3,(H,57,66)(H,59,64,67)/t37-,43?,49?/m1/s1. The van der Waals surface area contributed by atoms with Crippen molar-refractivity contribution in [1.29, 1.82) is 0 Å². The molecule has 4 amide bonds. The number of hydrogen-bond acceptors (Lipinski definition) is 8. The molecule has 4 N–H and O–H groups in total. The Kier molecular flexibility index (Phi) is 14.4. The molecular formula is C55H66N8O5. The number of aromatic nitrogens is 2. The summed E-state index contributed by atoms with van der Waals surface area (Å²) in [6, 6.07) is 24.2. The number of likely N-dealkylation sites (tertiary alicyclic amines) is 2. The maximum absolute atomic E-state index is 13.7. The van der Waals surface area contributed by atoms with Gasteiger partial charge in [0.15, 0.2) is 0 Å². The first-order valence-corrected chi connectivity index (χ1v) is 25.0. The molecule has 1 aromatic heterocycles. The van der Waals surface area contributed by atoms with Crippen LogP contribution in [0, 0.1) is 24.7 Å². The van der Waals surface area contributed by atoms with Crippen LogP contribution in [0.1, 0.15) is 128 Å². The minimum absolute atomic E-state index is 0.0758. The van der Waals surface area contributed by atoms with Crippen molar-refractivity contribution in [1.82, 2.24) is 34.9 Å². The highest BCUT2D eigenvalue weighted by Crippen LogP contribution is 2.33. The highest BCUT2D eigenvalue weighted by atomic mass is 16.2. The van der Waals surface area contributed by atoms with Gasteiger partial charge in [-0.25, -0.2) is 4.79 Å². The van der Waals surface area contributed by atoms with E-state index in [1.54, 1.807) is 11.6 Å². The zero-order chi connectivity index (χ0) is 47.3. The number of imidazole rings is 1. The lowest BCUT2D eigenvalue weighted by Gasteiger charge is -2.32. The Bertz CT molecular complexity index is 2810. The van der Waals surface area contributed by atoms with Gasteiger partial charge in [0.05, 0.1) is 17.1 Å². The van der Waals surface area contributed by atoms with E-state index in [-0.39, 0.29) is 41.8 Å². The summed E-state index contributed by atoms with van der Waals surface area (Å²) in [5.74, 6) is 7.19. The second-order valence-electron chi connectivity index (χ2n) is 19.6. The lowest BCUT2D eigenvalue weighted by molar-refractivity contribution is -0.136. The van der Waals surface area contributed by atoms with Crippen molar-refractivity contribution < 1.29 is 19.2 Å². The SMILES string of the molecule is Cc1ccc(NC2CCCNC2)cc1C(=O)N[C@H](C)c1ccc(C#CC2CCN(CCCCC(=O)N3CCC(c4ccc5c(c4)n(C)c(=O)n5C4CCC(=O)NC4=O)CC3)CC2)c2ccccc12. The molecule has 0 aliphatic carbocycles. The normalized spacial score (nSPS) is 20.2. The average molecular weight is 919 g/mol. The van der Waals surface area contributed by atoms with Gasteiger partial charge in [-0.3, -0.25) is 33.6 Å². The van der Waals surface area contributed by atoms with E-state index in [1.807, 2.05) is 36.1 Å². The summed E-state index contributed by atoms with van der Waals surface area (Å²) in [5, 5.41) is 14.9. The first-order chi connectivity index (χ1) is 33.0. The zero-order valence-electron chi connectivity index (χ0n) is 39.9. The van der Waals surface area contributed by atoms with Crippen molar-refractivity contribution >= 4 is 51.1 Å². The van der Waals surface area contributed by atoms with Crippen molar-refractivity contribution in [2.75, 3.05) is 51.1 Å². The van der Waals surface area contributed by atoms with E-state index in [0.717, 1.165) is 141 Å². The molecule has 4 aromatic carbocycles. The number of fused-ring (bicyclic) bond motifs is 2. The Labute approximate surface area is 399 Å². The third-order valence-electron chi connectivity index (χ3n) is 15.0. The van der Waals surface area contributed by atoms with Crippen molar-refractivity contribution in [2.45, 2.75) is 109 Å². The van der Waals surface area contributed by atoms with E-state index in [2.05, 4.69) is 93.5 Å². The van der Waals surface area contributed by atoms with E-state index in [0.29, 0.717) is 35.9 Å². The van der Waals surface area contributed by atoms with Crippen LogP contribution in [0.3, 0.4) is 0 Å². The number of piperidine rings is 4. The number of anilines is 1. The number of imide groups is 1. The molecule has 9 rings (SSSR count). The van der Waals surface area contributed by atoms with Gasteiger partial charge in [-0.05, 0) is 162 Å². The van der Waals surface area contributed by atoms with Gasteiger partial charge in [-0.1, -0.05) is 54.3 Å². The number of carbonyl (C=O) groups is 4. The molecule has 4 fully saturated rings. The molecule has 4 saturated heterocycles. The van der Waals surface area contributed by atoms with Crippen LogP contribution in [-0.4, -0.2) is 94.4 Å². The molecule has 356 valence electrons. The lowest BCUT2D eigenvalue weighted by Crippen LogP contribution is -2.44. The Morgan fingerprint density at radius 3 is 2.41 bits per heavy atom. The number of unbranched alkanes of at least 4 members (excludes halogenated alkanes) is 1. The topological polar surface area (TPSA) is 150 Å². The van der Waals surface area contributed by atoms with E-state index in [1.165, 1.54) is 4.57 Å². The largest absolute Gasteiger partial charge is 0.381 e. The molecule has 4 aliphatic rings. The van der Waals surface area contributed by atoms with Gasteiger partial charge in [0.2, 0.25) is 17.7 Å². The number of benzene rings is 4.